The van der Waals surface area contributed by atoms with Gasteiger partial charge in [0.25, 0.3) is 0 Å². The van der Waals surface area contributed by atoms with E-state index in [9.17, 15) is 4.79 Å². The first kappa shape index (κ1) is 9.52. The second-order valence-electron chi connectivity index (χ2n) is 3.54. The van der Waals surface area contributed by atoms with Crippen LogP contribution in [0.3, 0.4) is 0 Å². The predicted molar refractivity (Wildman–Crippen MR) is 47.1 cm³/mol. The lowest BCUT2D eigenvalue weighted by atomic mass is 9.98. The van der Waals surface area contributed by atoms with Crippen molar-refractivity contribution in [2.45, 2.75) is 38.1 Å². The van der Waals surface area contributed by atoms with Gasteiger partial charge in [0.1, 0.15) is 0 Å². The summed E-state index contributed by atoms with van der Waals surface area (Å²) in [5, 5.41) is 12.0. The van der Waals surface area contributed by atoms with Crippen LogP contribution < -0.4 is 5.32 Å². The predicted octanol–water partition coefficient (Wildman–Crippen LogP) is 1.24. The molecule has 0 spiro atoms. The Morgan fingerprint density at radius 2 is 2.08 bits per heavy atom. The fourth-order valence-electron chi connectivity index (χ4n) is 1.85. The molecule has 70 valence electrons. The molecule has 0 aliphatic heterocycles. The quantitative estimate of drug-likeness (QED) is 0.614. The first-order chi connectivity index (χ1) is 5.74. The van der Waals surface area contributed by atoms with Gasteiger partial charge in [0.2, 0.25) is 0 Å². The summed E-state index contributed by atoms with van der Waals surface area (Å²) in [6.45, 7) is 0. The normalized spacial score (nSPS) is 31.1. The van der Waals surface area contributed by atoms with E-state index in [0.29, 0.717) is 6.04 Å². The minimum Gasteiger partial charge on any atom is -0.481 e. The van der Waals surface area contributed by atoms with Crippen LogP contribution in [0.4, 0.5) is 0 Å². The number of carbonyl (C=O) groups is 1. The van der Waals surface area contributed by atoms with E-state index in [4.69, 9.17) is 5.11 Å². The lowest BCUT2D eigenvalue weighted by Gasteiger charge is -2.15. The Bertz CT molecular complexity index is 159. The highest BCUT2D eigenvalue weighted by atomic mass is 16.4. The highest BCUT2D eigenvalue weighted by Gasteiger charge is 2.23. The van der Waals surface area contributed by atoms with E-state index in [1.54, 1.807) is 0 Å². The van der Waals surface area contributed by atoms with Crippen LogP contribution in [0.15, 0.2) is 0 Å². The zero-order valence-corrected chi connectivity index (χ0v) is 7.55. The number of rotatable bonds is 2. The molecule has 2 atom stereocenters. The molecule has 0 aromatic heterocycles. The Morgan fingerprint density at radius 3 is 2.67 bits per heavy atom. The van der Waals surface area contributed by atoms with E-state index in [0.717, 1.165) is 32.1 Å². The van der Waals surface area contributed by atoms with E-state index >= 15 is 0 Å². The van der Waals surface area contributed by atoms with E-state index in [1.807, 2.05) is 7.05 Å². The van der Waals surface area contributed by atoms with Gasteiger partial charge in [0, 0.05) is 6.04 Å². The van der Waals surface area contributed by atoms with E-state index in [1.165, 1.54) is 0 Å². The number of hydrogen-bond acceptors (Lipinski definition) is 2. The van der Waals surface area contributed by atoms with Crippen molar-refractivity contribution < 1.29 is 9.90 Å². The van der Waals surface area contributed by atoms with Gasteiger partial charge in [-0.15, -0.1) is 0 Å². The van der Waals surface area contributed by atoms with Crippen LogP contribution in [0, 0.1) is 5.92 Å². The molecule has 1 fully saturated rings. The maximum atomic E-state index is 10.7. The molecule has 0 saturated heterocycles. The van der Waals surface area contributed by atoms with Crippen LogP contribution >= 0.6 is 0 Å². The van der Waals surface area contributed by atoms with Crippen molar-refractivity contribution in [3.8, 4) is 0 Å². The van der Waals surface area contributed by atoms with Crippen LogP contribution in [-0.4, -0.2) is 24.2 Å². The maximum Gasteiger partial charge on any atom is 0.306 e. The highest BCUT2D eigenvalue weighted by molar-refractivity contribution is 5.70. The van der Waals surface area contributed by atoms with Crippen LogP contribution in [0.1, 0.15) is 32.1 Å². The summed E-state index contributed by atoms with van der Waals surface area (Å²) in [7, 11) is 1.91. The number of carboxylic acid groups (broad SMARTS) is 1. The molecular weight excluding hydrogens is 154 g/mol. The molecule has 12 heavy (non-hydrogen) atoms. The zero-order chi connectivity index (χ0) is 8.97. The standard InChI is InChI=1S/C9H17NO2/c1-10-8-5-3-2-4-7(6-8)9(11)12/h7-8,10H,2-6H2,1H3,(H,11,12). The van der Waals surface area contributed by atoms with Gasteiger partial charge in [-0.25, -0.2) is 0 Å². The maximum absolute atomic E-state index is 10.7. The van der Waals surface area contributed by atoms with Crippen molar-refractivity contribution in [2.24, 2.45) is 5.92 Å². The van der Waals surface area contributed by atoms with Gasteiger partial charge < -0.3 is 10.4 Å². The molecule has 1 saturated carbocycles. The van der Waals surface area contributed by atoms with Gasteiger partial charge in [0.15, 0.2) is 0 Å². The van der Waals surface area contributed by atoms with Crippen molar-refractivity contribution in [1.29, 1.82) is 0 Å². The van der Waals surface area contributed by atoms with Crippen LogP contribution in [0.2, 0.25) is 0 Å². The molecule has 2 unspecified atom stereocenters. The fourth-order valence-corrected chi connectivity index (χ4v) is 1.85. The molecule has 1 rings (SSSR count). The topological polar surface area (TPSA) is 49.3 Å². The number of carboxylic acids is 1. The van der Waals surface area contributed by atoms with E-state index in [2.05, 4.69) is 5.32 Å². The summed E-state index contributed by atoms with van der Waals surface area (Å²) in [6.07, 6.45) is 5.00. The Labute approximate surface area is 73.2 Å². The fraction of sp³-hybridized carbons (Fsp3) is 0.889. The second-order valence-corrected chi connectivity index (χ2v) is 3.54. The summed E-state index contributed by atoms with van der Waals surface area (Å²) < 4.78 is 0. The van der Waals surface area contributed by atoms with Gasteiger partial charge in [-0.2, -0.15) is 0 Å². The Morgan fingerprint density at radius 1 is 1.42 bits per heavy atom. The molecule has 3 heteroatoms. The van der Waals surface area contributed by atoms with Gasteiger partial charge in [-0.05, 0) is 26.3 Å². The number of nitrogens with one attached hydrogen (secondary N) is 1. The van der Waals surface area contributed by atoms with E-state index < -0.39 is 5.97 Å². The monoisotopic (exact) mass is 171 g/mol. The molecule has 3 nitrogen and oxygen atoms in total. The van der Waals surface area contributed by atoms with Gasteiger partial charge in [-0.3, -0.25) is 4.79 Å². The average Bonchev–Trinajstić information content (AvgIpc) is 2.28. The third-order valence-electron chi connectivity index (χ3n) is 2.68. The first-order valence-corrected chi connectivity index (χ1v) is 4.64. The molecule has 0 bridgehead atoms. The molecule has 2 N–H and O–H groups in total. The smallest absolute Gasteiger partial charge is 0.306 e. The number of hydrogen-bond donors (Lipinski definition) is 2. The Hall–Kier alpha value is -0.570. The molecule has 0 heterocycles. The van der Waals surface area contributed by atoms with Crippen molar-refractivity contribution in [3.05, 3.63) is 0 Å². The average molecular weight is 171 g/mol. The van der Waals surface area contributed by atoms with Gasteiger partial charge >= 0.3 is 5.97 Å². The molecule has 0 aromatic rings. The van der Waals surface area contributed by atoms with Crippen LogP contribution in [-0.2, 0) is 4.79 Å². The van der Waals surface area contributed by atoms with E-state index in [-0.39, 0.29) is 5.92 Å². The Balaban J connectivity index is 2.47. The third kappa shape index (κ3) is 2.48. The molecule has 1 aliphatic rings. The molecule has 0 radical (unpaired) electrons. The summed E-state index contributed by atoms with van der Waals surface area (Å²) >= 11 is 0. The van der Waals surface area contributed by atoms with Crippen molar-refractivity contribution in [1.82, 2.24) is 5.32 Å². The summed E-state index contributed by atoms with van der Waals surface area (Å²) in [5.74, 6) is -0.748. The van der Waals surface area contributed by atoms with Gasteiger partial charge in [0.05, 0.1) is 5.92 Å². The molecular formula is C9H17NO2. The minimum atomic E-state index is -0.628. The third-order valence-corrected chi connectivity index (χ3v) is 2.68. The van der Waals surface area contributed by atoms with Crippen molar-refractivity contribution in [3.63, 3.8) is 0 Å². The van der Waals surface area contributed by atoms with Crippen molar-refractivity contribution >= 4 is 5.97 Å². The largest absolute Gasteiger partial charge is 0.481 e. The summed E-state index contributed by atoms with van der Waals surface area (Å²) in [5.41, 5.74) is 0. The number of aliphatic carboxylic acids is 1. The molecule has 0 amide bonds. The van der Waals surface area contributed by atoms with Crippen molar-refractivity contribution in [2.75, 3.05) is 7.05 Å². The minimum absolute atomic E-state index is 0.120. The lowest BCUT2D eigenvalue weighted by molar-refractivity contribution is -0.142. The second kappa shape index (κ2) is 4.45. The van der Waals surface area contributed by atoms with Gasteiger partial charge in [-0.1, -0.05) is 12.8 Å². The first-order valence-electron chi connectivity index (χ1n) is 4.64. The summed E-state index contributed by atoms with van der Waals surface area (Å²) in [6, 6.07) is 0.411. The lowest BCUT2D eigenvalue weighted by Crippen LogP contribution is -2.28. The van der Waals surface area contributed by atoms with Crippen LogP contribution in [0.5, 0.6) is 0 Å². The molecule has 1 aliphatic carbocycles. The molecule has 0 aromatic carbocycles. The Kier molecular flexibility index (Phi) is 3.53. The SMILES string of the molecule is CNC1CCCCC(C(=O)O)C1. The highest BCUT2D eigenvalue weighted by Crippen LogP contribution is 2.23. The van der Waals surface area contributed by atoms with Crippen LogP contribution in [0.25, 0.3) is 0 Å². The zero-order valence-electron chi connectivity index (χ0n) is 7.55. The summed E-state index contributed by atoms with van der Waals surface area (Å²) in [4.78, 5) is 10.7.